The average molecular weight is 169 g/mol. The lowest BCUT2D eigenvalue weighted by molar-refractivity contribution is -0.298. The Hall–Kier alpha value is -0.590. The van der Waals surface area contributed by atoms with Crippen molar-refractivity contribution >= 4 is 0 Å². The Morgan fingerprint density at radius 2 is 1.92 bits per heavy atom. The Balaban J connectivity index is 2.75. The second-order valence-corrected chi connectivity index (χ2v) is 4.30. The van der Waals surface area contributed by atoms with Crippen molar-refractivity contribution in [2.45, 2.75) is 39.6 Å². The van der Waals surface area contributed by atoms with Crippen molar-refractivity contribution in [1.82, 2.24) is 0 Å². The highest BCUT2D eigenvalue weighted by Gasteiger charge is 2.41. The third-order valence-electron chi connectivity index (χ3n) is 2.02. The molecular weight excluding hydrogens is 154 g/mol. The Morgan fingerprint density at radius 1 is 1.33 bits per heavy atom. The molecule has 0 bridgehead atoms. The van der Waals surface area contributed by atoms with Crippen LogP contribution in [-0.4, -0.2) is 18.5 Å². The number of nitrogens with zero attached hydrogens (tertiary/aromatic N) is 1. The highest BCUT2D eigenvalue weighted by molar-refractivity contribution is 4.98. The number of rotatable bonds is 0. The van der Waals surface area contributed by atoms with Gasteiger partial charge in [-0.1, -0.05) is 13.8 Å². The summed E-state index contributed by atoms with van der Waals surface area (Å²) in [5.41, 5.74) is -0.204. The van der Waals surface area contributed by atoms with E-state index in [0.717, 1.165) is 0 Å². The summed E-state index contributed by atoms with van der Waals surface area (Å²) in [5.74, 6) is -0.615. The van der Waals surface area contributed by atoms with Crippen LogP contribution in [0.3, 0.4) is 0 Å². The van der Waals surface area contributed by atoms with Gasteiger partial charge in [0.15, 0.2) is 11.9 Å². The predicted molar refractivity (Wildman–Crippen MR) is 44.3 cm³/mol. The molecule has 0 unspecified atom stereocenters. The molecule has 68 valence electrons. The molecule has 0 aromatic carbocycles. The Labute approximate surface area is 73.3 Å². The average Bonchev–Trinajstić information content (AvgIpc) is 1.95. The molecule has 1 heterocycles. The molecule has 0 aromatic heterocycles. The molecule has 1 saturated heterocycles. The lowest BCUT2D eigenvalue weighted by Crippen LogP contribution is -2.49. The molecule has 0 amide bonds. The van der Waals surface area contributed by atoms with E-state index in [-0.39, 0.29) is 11.5 Å². The van der Waals surface area contributed by atoms with Crippen LogP contribution < -0.4 is 0 Å². The van der Waals surface area contributed by atoms with Crippen molar-refractivity contribution < 1.29 is 9.47 Å². The van der Waals surface area contributed by atoms with Gasteiger partial charge in [0.1, 0.15) is 0 Å². The van der Waals surface area contributed by atoms with Gasteiger partial charge in [-0.25, -0.2) is 0 Å². The summed E-state index contributed by atoms with van der Waals surface area (Å²) in [6.07, 6.45) is -0.374. The van der Waals surface area contributed by atoms with Crippen LogP contribution in [-0.2, 0) is 9.47 Å². The van der Waals surface area contributed by atoms with Gasteiger partial charge in [-0.05, 0) is 13.8 Å². The summed E-state index contributed by atoms with van der Waals surface area (Å²) in [7, 11) is 0. The summed E-state index contributed by atoms with van der Waals surface area (Å²) in [6, 6.07) is 2.15. The Kier molecular flexibility index (Phi) is 2.15. The maximum absolute atomic E-state index is 8.83. The number of ether oxygens (including phenoxy) is 2. The van der Waals surface area contributed by atoms with Gasteiger partial charge in [-0.2, -0.15) is 5.26 Å². The summed E-state index contributed by atoms with van der Waals surface area (Å²) in [6.45, 7) is 8.16. The van der Waals surface area contributed by atoms with Gasteiger partial charge in [0.25, 0.3) is 0 Å². The molecule has 0 aliphatic carbocycles. The second kappa shape index (κ2) is 2.72. The van der Waals surface area contributed by atoms with E-state index in [1.54, 1.807) is 0 Å². The van der Waals surface area contributed by atoms with Crippen LogP contribution in [0.2, 0.25) is 0 Å². The van der Waals surface area contributed by atoms with E-state index in [4.69, 9.17) is 14.7 Å². The predicted octanol–water partition coefficient (Wildman–Crippen LogP) is 1.69. The maximum atomic E-state index is 8.83. The van der Waals surface area contributed by atoms with Crippen LogP contribution in [0, 0.1) is 16.7 Å². The summed E-state index contributed by atoms with van der Waals surface area (Å²) in [4.78, 5) is 0. The van der Waals surface area contributed by atoms with E-state index in [1.807, 2.05) is 27.7 Å². The van der Waals surface area contributed by atoms with Crippen molar-refractivity contribution in [3.05, 3.63) is 0 Å². The summed E-state index contributed by atoms with van der Waals surface area (Å²) < 4.78 is 10.9. The van der Waals surface area contributed by atoms with E-state index in [9.17, 15) is 0 Å². The van der Waals surface area contributed by atoms with Gasteiger partial charge < -0.3 is 9.47 Å². The molecule has 3 heteroatoms. The minimum Gasteiger partial charge on any atom is -0.350 e. The molecule has 1 atom stereocenters. The van der Waals surface area contributed by atoms with E-state index in [1.165, 1.54) is 0 Å². The molecule has 1 rings (SSSR count). The first-order valence-electron chi connectivity index (χ1n) is 4.09. The Morgan fingerprint density at radius 3 is 2.33 bits per heavy atom. The normalized spacial score (nSPS) is 32.4. The Bertz CT molecular complexity index is 215. The molecule has 1 fully saturated rings. The zero-order valence-electron chi connectivity index (χ0n) is 8.05. The first-order chi connectivity index (χ1) is 5.37. The standard InChI is InChI=1S/C9H15NO2/c1-8(2)6-11-9(3,4)12-7(8)5-10/h7H,6H2,1-4H3/t7-/m0/s1. The monoisotopic (exact) mass is 169 g/mol. The molecule has 0 radical (unpaired) electrons. The van der Waals surface area contributed by atoms with Crippen molar-refractivity contribution in [1.29, 1.82) is 5.26 Å². The minimum atomic E-state index is -0.615. The quantitative estimate of drug-likeness (QED) is 0.554. The van der Waals surface area contributed by atoms with Gasteiger partial charge >= 0.3 is 0 Å². The van der Waals surface area contributed by atoms with Crippen LogP contribution in [0.15, 0.2) is 0 Å². The molecule has 1 aliphatic rings. The highest BCUT2D eigenvalue weighted by atomic mass is 16.7. The zero-order valence-corrected chi connectivity index (χ0v) is 8.05. The van der Waals surface area contributed by atoms with E-state index in [2.05, 4.69) is 6.07 Å². The molecular formula is C9H15NO2. The first kappa shape index (κ1) is 9.50. The topological polar surface area (TPSA) is 42.2 Å². The number of hydrogen-bond acceptors (Lipinski definition) is 3. The zero-order chi connectivity index (χ0) is 9.41. The second-order valence-electron chi connectivity index (χ2n) is 4.30. The molecule has 0 N–H and O–H groups in total. The lowest BCUT2D eigenvalue weighted by atomic mass is 9.87. The molecule has 12 heavy (non-hydrogen) atoms. The molecule has 0 aromatic rings. The van der Waals surface area contributed by atoms with Crippen LogP contribution >= 0.6 is 0 Å². The van der Waals surface area contributed by atoms with Gasteiger partial charge in [0, 0.05) is 5.41 Å². The minimum absolute atomic E-state index is 0.204. The third kappa shape index (κ3) is 1.77. The highest BCUT2D eigenvalue weighted by Crippen LogP contribution is 2.34. The molecule has 0 spiro atoms. The van der Waals surface area contributed by atoms with E-state index >= 15 is 0 Å². The number of hydrogen-bond donors (Lipinski definition) is 0. The van der Waals surface area contributed by atoms with Gasteiger partial charge in [0.2, 0.25) is 0 Å². The molecule has 3 nitrogen and oxygen atoms in total. The first-order valence-corrected chi connectivity index (χ1v) is 4.09. The van der Waals surface area contributed by atoms with Crippen LogP contribution in [0.1, 0.15) is 27.7 Å². The molecule has 1 aliphatic heterocycles. The summed E-state index contributed by atoms with van der Waals surface area (Å²) in [5, 5.41) is 8.83. The van der Waals surface area contributed by atoms with Crippen LogP contribution in [0.5, 0.6) is 0 Å². The number of nitriles is 1. The van der Waals surface area contributed by atoms with Gasteiger partial charge in [-0.15, -0.1) is 0 Å². The fraction of sp³-hybridized carbons (Fsp3) is 0.889. The van der Waals surface area contributed by atoms with Gasteiger partial charge in [-0.3, -0.25) is 0 Å². The van der Waals surface area contributed by atoms with Crippen molar-refractivity contribution in [2.24, 2.45) is 5.41 Å². The fourth-order valence-electron chi connectivity index (χ4n) is 1.11. The van der Waals surface area contributed by atoms with Crippen LogP contribution in [0.4, 0.5) is 0 Å². The maximum Gasteiger partial charge on any atom is 0.164 e. The van der Waals surface area contributed by atoms with E-state index < -0.39 is 5.79 Å². The van der Waals surface area contributed by atoms with Gasteiger partial charge in [0.05, 0.1) is 12.7 Å². The van der Waals surface area contributed by atoms with Crippen molar-refractivity contribution in [3.8, 4) is 6.07 Å². The van der Waals surface area contributed by atoms with Crippen molar-refractivity contribution in [3.63, 3.8) is 0 Å². The summed E-state index contributed by atoms with van der Waals surface area (Å²) >= 11 is 0. The smallest absolute Gasteiger partial charge is 0.164 e. The van der Waals surface area contributed by atoms with Crippen molar-refractivity contribution in [2.75, 3.05) is 6.61 Å². The molecule has 0 saturated carbocycles. The van der Waals surface area contributed by atoms with Crippen LogP contribution in [0.25, 0.3) is 0 Å². The van der Waals surface area contributed by atoms with E-state index in [0.29, 0.717) is 6.61 Å². The SMILES string of the molecule is CC1(C)OCC(C)(C)[C@H](C#N)O1. The lowest BCUT2D eigenvalue weighted by Gasteiger charge is -2.42. The third-order valence-corrected chi connectivity index (χ3v) is 2.02. The fourth-order valence-corrected chi connectivity index (χ4v) is 1.11. The largest absolute Gasteiger partial charge is 0.350 e.